The summed E-state index contributed by atoms with van der Waals surface area (Å²) in [6.45, 7) is 0. The minimum absolute atomic E-state index is 0.0950. The fourth-order valence-electron chi connectivity index (χ4n) is 4.48. The highest BCUT2D eigenvalue weighted by Gasteiger charge is 2.60. The number of rotatable bonds is 4. The van der Waals surface area contributed by atoms with Crippen molar-refractivity contribution in [1.29, 1.82) is 0 Å². The number of anilines is 1. The van der Waals surface area contributed by atoms with Gasteiger partial charge in [-0.3, -0.25) is 9.59 Å². The van der Waals surface area contributed by atoms with Gasteiger partial charge in [-0.1, -0.05) is 40.2 Å². The highest BCUT2D eigenvalue weighted by Crippen LogP contribution is 2.62. The summed E-state index contributed by atoms with van der Waals surface area (Å²) in [6, 6.07) is 13.4. The van der Waals surface area contributed by atoms with E-state index < -0.39 is 22.6 Å². The second-order valence-electron chi connectivity index (χ2n) is 7.32. The first kappa shape index (κ1) is 22.0. The quantitative estimate of drug-likeness (QED) is 0.455. The Morgan fingerprint density at radius 2 is 1.97 bits per heavy atom. The minimum Gasteiger partial charge on any atom is -0.384 e. The van der Waals surface area contributed by atoms with Crippen molar-refractivity contribution in [3.05, 3.63) is 62.5 Å². The molecule has 5 nitrogen and oxygen atoms in total. The molecule has 0 saturated carbocycles. The molecule has 2 aliphatic rings. The number of benzene rings is 2. The van der Waals surface area contributed by atoms with Crippen LogP contribution in [-0.2, 0) is 23.0 Å². The van der Waals surface area contributed by atoms with Gasteiger partial charge in [0.1, 0.15) is 11.0 Å². The topological polar surface area (TPSA) is 72.5 Å². The van der Waals surface area contributed by atoms with Gasteiger partial charge in [0.25, 0.3) is 0 Å². The number of fused-ring (bicyclic) bond motifs is 2. The van der Waals surface area contributed by atoms with Crippen molar-refractivity contribution < 1.29 is 18.2 Å². The van der Waals surface area contributed by atoms with Crippen LogP contribution in [0.15, 0.2) is 51.4 Å². The van der Waals surface area contributed by atoms with Crippen molar-refractivity contribution in [3.8, 4) is 0 Å². The van der Waals surface area contributed by atoms with Gasteiger partial charge in [-0.05, 0) is 51.4 Å². The zero-order chi connectivity index (χ0) is 21.5. The summed E-state index contributed by atoms with van der Waals surface area (Å²) < 4.78 is 5.41. The fourth-order valence-corrected chi connectivity index (χ4v) is 7.14. The summed E-state index contributed by atoms with van der Waals surface area (Å²) in [7, 11) is 0. The third-order valence-corrected chi connectivity index (χ3v) is 9.04. The molecule has 0 radical (unpaired) electrons. The van der Waals surface area contributed by atoms with Crippen LogP contribution < -0.4 is 5.32 Å². The molecule has 0 aromatic heterocycles. The zero-order valence-corrected chi connectivity index (χ0v) is 21.0. The Hall–Kier alpha value is -1.16. The lowest BCUT2D eigenvalue weighted by Crippen LogP contribution is -2.48. The van der Waals surface area contributed by atoms with Crippen LogP contribution in [0.25, 0.3) is 0 Å². The largest absolute Gasteiger partial charge is 0.384 e. The Balaban J connectivity index is 1.90. The Labute approximate surface area is 203 Å². The van der Waals surface area contributed by atoms with Crippen molar-refractivity contribution in [2.24, 2.45) is 11.8 Å². The van der Waals surface area contributed by atoms with E-state index in [0.29, 0.717) is 5.75 Å². The number of halogens is 3. The highest BCUT2D eigenvalue weighted by molar-refractivity contribution is 9.10. The summed E-state index contributed by atoms with van der Waals surface area (Å²) in [5.74, 6) is -1.31. The van der Waals surface area contributed by atoms with Gasteiger partial charge >= 0.3 is 5.97 Å². The maximum Gasteiger partial charge on any atom is 0.317 e. The van der Waals surface area contributed by atoms with Crippen molar-refractivity contribution in [2.45, 2.75) is 17.1 Å². The van der Waals surface area contributed by atoms with Gasteiger partial charge in [0.05, 0.1) is 12.1 Å². The molecule has 30 heavy (non-hydrogen) atoms. The molecule has 9 heteroatoms. The van der Waals surface area contributed by atoms with E-state index in [1.807, 2.05) is 42.5 Å². The monoisotopic (exact) mass is 615 g/mol. The molecular weight excluding hydrogens is 602 g/mol. The molecule has 4 rings (SSSR count). The van der Waals surface area contributed by atoms with E-state index >= 15 is 0 Å². The number of hydrogen-bond donors (Lipinski definition) is 1. The first-order valence-electron chi connectivity index (χ1n) is 9.19. The van der Waals surface area contributed by atoms with Gasteiger partial charge in [-0.15, -0.1) is 11.8 Å². The van der Waals surface area contributed by atoms with Crippen molar-refractivity contribution in [3.63, 3.8) is 0 Å². The lowest BCUT2D eigenvalue weighted by atomic mass is 9.68. The molecular formula is C21H16Br3NO4S. The minimum atomic E-state index is -0.965. The first-order valence-corrected chi connectivity index (χ1v) is 12.4. The zero-order valence-electron chi connectivity index (χ0n) is 15.4. The fraction of sp³-hybridized carbons (Fsp3) is 0.286. The highest BCUT2D eigenvalue weighted by atomic mass is 79.9. The third kappa shape index (κ3) is 3.57. The van der Waals surface area contributed by atoms with E-state index in [9.17, 15) is 14.4 Å². The standard InChI is InChI=1S/C21H16Br3NO4S/c22-13-6-4-11(5-7-13)18-14(9-26)12(8-17(27)29-24)10-30-21(18)15-2-1-3-16(23)19(15)25-20(21)28/h1-7,9,12,14,18H,8,10H2,(H,25,28). The maximum absolute atomic E-state index is 13.5. The van der Waals surface area contributed by atoms with Crippen LogP contribution in [0.2, 0.25) is 0 Å². The van der Waals surface area contributed by atoms with Crippen LogP contribution in [-0.4, -0.2) is 23.9 Å². The van der Waals surface area contributed by atoms with E-state index in [-0.39, 0.29) is 18.2 Å². The number of carbonyl (C=O) groups is 3. The lowest BCUT2D eigenvalue weighted by molar-refractivity contribution is -0.134. The molecule has 156 valence electrons. The molecule has 2 aromatic carbocycles. The third-order valence-electron chi connectivity index (χ3n) is 5.78. The van der Waals surface area contributed by atoms with E-state index in [1.165, 1.54) is 11.8 Å². The van der Waals surface area contributed by atoms with Crippen molar-refractivity contribution >= 4 is 83.7 Å². The predicted octanol–water partition coefficient (Wildman–Crippen LogP) is 5.56. The van der Waals surface area contributed by atoms with Gasteiger partial charge < -0.3 is 13.9 Å². The molecule has 4 atom stereocenters. The van der Waals surface area contributed by atoms with E-state index in [1.54, 1.807) is 0 Å². The Bertz CT molecular complexity index is 1020. The Morgan fingerprint density at radius 3 is 2.63 bits per heavy atom. The summed E-state index contributed by atoms with van der Waals surface area (Å²) >= 11 is 11.2. The molecule has 1 N–H and O–H groups in total. The second kappa shape index (κ2) is 8.76. The van der Waals surface area contributed by atoms with Crippen LogP contribution in [0.1, 0.15) is 23.5 Å². The van der Waals surface area contributed by atoms with E-state index in [2.05, 4.69) is 57.3 Å². The predicted molar refractivity (Wildman–Crippen MR) is 126 cm³/mol. The number of aldehydes is 1. The van der Waals surface area contributed by atoms with E-state index in [4.69, 9.17) is 0 Å². The smallest absolute Gasteiger partial charge is 0.317 e. The molecule has 0 bridgehead atoms. The average molecular weight is 618 g/mol. The van der Waals surface area contributed by atoms with Crippen LogP contribution >= 0.6 is 59.9 Å². The molecule has 0 aliphatic carbocycles. The Morgan fingerprint density at radius 1 is 1.23 bits per heavy atom. The van der Waals surface area contributed by atoms with Crippen molar-refractivity contribution in [1.82, 2.24) is 0 Å². The summed E-state index contributed by atoms with van der Waals surface area (Å²) in [5, 5.41) is 3.02. The second-order valence-corrected chi connectivity index (χ2v) is 10.7. The Kier molecular flexibility index (Phi) is 6.44. The summed E-state index contributed by atoms with van der Waals surface area (Å²) in [4.78, 5) is 37.8. The van der Waals surface area contributed by atoms with Gasteiger partial charge in [-0.2, -0.15) is 0 Å². The van der Waals surface area contributed by atoms with Crippen molar-refractivity contribution in [2.75, 3.05) is 11.1 Å². The van der Waals surface area contributed by atoms with Gasteiger partial charge in [0.15, 0.2) is 16.3 Å². The molecule has 2 heterocycles. The number of hydrogen-bond acceptors (Lipinski definition) is 5. The van der Waals surface area contributed by atoms with Gasteiger partial charge in [-0.25, -0.2) is 0 Å². The molecule has 4 unspecified atom stereocenters. The van der Waals surface area contributed by atoms with Gasteiger partial charge in [0.2, 0.25) is 5.91 Å². The lowest BCUT2D eigenvalue weighted by Gasteiger charge is -2.46. The first-order chi connectivity index (χ1) is 14.4. The summed E-state index contributed by atoms with van der Waals surface area (Å²) in [5.41, 5.74) is 2.47. The molecule has 1 saturated heterocycles. The molecule has 1 amide bonds. The maximum atomic E-state index is 13.5. The molecule has 2 aliphatic heterocycles. The van der Waals surface area contributed by atoms with Crippen LogP contribution in [0, 0.1) is 11.8 Å². The van der Waals surface area contributed by atoms with Crippen LogP contribution in [0.4, 0.5) is 5.69 Å². The summed E-state index contributed by atoms with van der Waals surface area (Å²) in [6.07, 6.45) is 0.987. The molecule has 2 aromatic rings. The number of thioether (sulfide) groups is 1. The van der Waals surface area contributed by atoms with Crippen LogP contribution in [0.3, 0.4) is 0 Å². The molecule has 1 fully saturated rings. The number of carbonyl (C=O) groups excluding carboxylic acids is 3. The number of nitrogens with one attached hydrogen (secondary N) is 1. The normalized spacial score (nSPS) is 27.4. The number of para-hydroxylation sites is 1. The molecule has 1 spiro atoms. The van der Waals surface area contributed by atoms with E-state index in [0.717, 1.165) is 32.0 Å². The van der Waals surface area contributed by atoms with Gasteiger partial charge in [0, 0.05) is 26.3 Å². The SMILES string of the molecule is O=CC1C(CC(=O)OBr)CSC2(C(=O)Nc3c(Br)cccc32)C1c1ccc(Br)cc1. The average Bonchev–Trinajstić information content (AvgIpc) is 3.03. The van der Waals surface area contributed by atoms with Crippen LogP contribution in [0.5, 0.6) is 0 Å². The number of amides is 1.